The van der Waals surface area contributed by atoms with Crippen LogP contribution in [0.4, 0.5) is 0 Å². The highest BCUT2D eigenvalue weighted by Crippen LogP contribution is 2.18. The number of H-pyrrole nitrogens is 1. The number of hydrogen-bond acceptors (Lipinski definition) is 4. The maximum absolute atomic E-state index is 12.4. The van der Waals surface area contributed by atoms with Gasteiger partial charge in [-0.1, -0.05) is 6.07 Å². The maximum atomic E-state index is 12.4. The van der Waals surface area contributed by atoms with Crippen LogP contribution in [0.2, 0.25) is 0 Å². The summed E-state index contributed by atoms with van der Waals surface area (Å²) in [5, 5.41) is 3.04. The second-order valence-electron chi connectivity index (χ2n) is 5.28. The molecule has 4 aromatic rings. The van der Waals surface area contributed by atoms with E-state index in [-0.39, 0.29) is 11.6 Å². The van der Waals surface area contributed by atoms with Crippen molar-refractivity contribution in [1.29, 1.82) is 0 Å². The largest absolute Gasteiger partial charge is 0.329 e. The van der Waals surface area contributed by atoms with Gasteiger partial charge >= 0.3 is 0 Å². The summed E-state index contributed by atoms with van der Waals surface area (Å²) < 4.78 is 3.33. The van der Waals surface area contributed by atoms with Crippen molar-refractivity contribution >= 4 is 5.65 Å². The summed E-state index contributed by atoms with van der Waals surface area (Å²) in [7, 11) is 0. The predicted octanol–water partition coefficient (Wildman–Crippen LogP) is 1.89. The lowest BCUT2D eigenvalue weighted by Gasteiger charge is -2.11. The third-order valence-corrected chi connectivity index (χ3v) is 3.81. The zero-order valence-corrected chi connectivity index (χ0v) is 12.4. The second-order valence-corrected chi connectivity index (χ2v) is 5.28. The Morgan fingerprint density at radius 3 is 2.87 bits per heavy atom. The molecule has 1 atom stereocenters. The molecule has 0 aliphatic carbocycles. The number of nitrogens with one attached hydrogen (secondary N) is 1. The third kappa shape index (κ3) is 2.32. The van der Waals surface area contributed by atoms with Crippen LogP contribution in [0.25, 0.3) is 17.0 Å². The molecule has 1 unspecified atom stereocenters. The van der Waals surface area contributed by atoms with E-state index in [2.05, 4.69) is 20.1 Å². The third-order valence-electron chi connectivity index (χ3n) is 3.81. The van der Waals surface area contributed by atoms with Crippen molar-refractivity contribution in [2.24, 2.45) is 0 Å². The first-order chi connectivity index (χ1) is 11.2. The number of pyridine rings is 1. The molecule has 0 saturated heterocycles. The highest BCUT2D eigenvalue weighted by molar-refractivity contribution is 5.60. The molecule has 0 aliphatic rings. The summed E-state index contributed by atoms with van der Waals surface area (Å²) in [6, 6.07) is 8.93. The van der Waals surface area contributed by atoms with E-state index >= 15 is 0 Å². The van der Waals surface area contributed by atoms with Crippen molar-refractivity contribution in [2.45, 2.75) is 13.0 Å². The summed E-state index contributed by atoms with van der Waals surface area (Å²) in [4.78, 5) is 25.3. The van der Waals surface area contributed by atoms with Gasteiger partial charge in [-0.25, -0.2) is 14.5 Å². The number of rotatable bonds is 3. The van der Waals surface area contributed by atoms with Gasteiger partial charge in [0.1, 0.15) is 0 Å². The molecule has 4 heterocycles. The van der Waals surface area contributed by atoms with Crippen molar-refractivity contribution in [1.82, 2.24) is 29.1 Å². The molecule has 0 radical (unpaired) electrons. The van der Waals surface area contributed by atoms with Crippen molar-refractivity contribution in [3.05, 3.63) is 71.3 Å². The molecule has 23 heavy (non-hydrogen) atoms. The molecule has 1 N–H and O–H groups in total. The Kier molecular flexibility index (Phi) is 3.04. The van der Waals surface area contributed by atoms with Gasteiger partial charge in [0.05, 0.1) is 29.5 Å². The molecule has 4 aromatic heterocycles. The lowest BCUT2D eigenvalue weighted by atomic mass is 10.2. The minimum absolute atomic E-state index is 0.0663. The van der Waals surface area contributed by atoms with Gasteiger partial charge in [0, 0.05) is 30.7 Å². The number of aromatic nitrogens is 6. The second kappa shape index (κ2) is 5.20. The molecule has 0 saturated carbocycles. The van der Waals surface area contributed by atoms with Crippen molar-refractivity contribution in [3.63, 3.8) is 0 Å². The van der Waals surface area contributed by atoms with Crippen LogP contribution in [0.5, 0.6) is 0 Å². The molecular weight excluding hydrogens is 292 g/mol. The molecule has 114 valence electrons. The van der Waals surface area contributed by atoms with Gasteiger partial charge in [-0.2, -0.15) is 0 Å². The lowest BCUT2D eigenvalue weighted by molar-refractivity contribution is 0.617. The Labute approximate surface area is 131 Å². The maximum Gasteiger partial charge on any atom is 0.272 e. The van der Waals surface area contributed by atoms with Gasteiger partial charge in [0.25, 0.3) is 5.56 Å². The van der Waals surface area contributed by atoms with E-state index < -0.39 is 0 Å². The van der Waals surface area contributed by atoms with Crippen LogP contribution in [-0.2, 0) is 0 Å². The standard InChI is InChI=1S/C16H14N6O/c1-11(21-7-6-17-10-21)13-9-16(23)22-15(19-13)8-14(20-22)12-4-2-3-5-18-12/h2-11,20H,1H3. The summed E-state index contributed by atoms with van der Waals surface area (Å²) in [5.74, 6) is 0. The Bertz CT molecular complexity index is 1000. The van der Waals surface area contributed by atoms with E-state index in [1.807, 2.05) is 42.0 Å². The van der Waals surface area contributed by atoms with E-state index in [1.54, 1.807) is 18.7 Å². The van der Waals surface area contributed by atoms with Crippen LogP contribution >= 0.6 is 0 Å². The lowest BCUT2D eigenvalue weighted by Crippen LogP contribution is -2.18. The molecule has 0 amide bonds. The minimum Gasteiger partial charge on any atom is -0.329 e. The van der Waals surface area contributed by atoms with Gasteiger partial charge < -0.3 is 4.57 Å². The number of hydrogen-bond donors (Lipinski definition) is 1. The zero-order valence-electron chi connectivity index (χ0n) is 12.4. The number of nitrogens with zero attached hydrogens (tertiary/aromatic N) is 5. The Morgan fingerprint density at radius 2 is 2.13 bits per heavy atom. The van der Waals surface area contributed by atoms with E-state index in [0.717, 1.165) is 11.4 Å². The highest BCUT2D eigenvalue weighted by Gasteiger charge is 2.13. The number of aromatic amines is 1. The summed E-state index contributed by atoms with van der Waals surface area (Å²) in [6.07, 6.45) is 6.98. The van der Waals surface area contributed by atoms with Crippen molar-refractivity contribution in [3.8, 4) is 11.4 Å². The first-order valence-corrected chi connectivity index (χ1v) is 7.24. The molecule has 4 rings (SSSR count). The molecule has 0 bridgehead atoms. The van der Waals surface area contributed by atoms with E-state index in [1.165, 1.54) is 10.6 Å². The van der Waals surface area contributed by atoms with Crippen LogP contribution < -0.4 is 5.56 Å². The van der Waals surface area contributed by atoms with Crippen LogP contribution in [0.1, 0.15) is 18.7 Å². The van der Waals surface area contributed by atoms with Crippen LogP contribution in [0.3, 0.4) is 0 Å². The van der Waals surface area contributed by atoms with Gasteiger partial charge in [-0.3, -0.25) is 14.9 Å². The average molecular weight is 306 g/mol. The SMILES string of the molecule is CC(c1cc(=O)n2[nH]c(-c3ccccn3)cc2n1)n1ccnc1. The first-order valence-electron chi connectivity index (χ1n) is 7.24. The highest BCUT2D eigenvalue weighted by atomic mass is 16.1. The van der Waals surface area contributed by atoms with Crippen LogP contribution in [0, 0.1) is 0 Å². The Morgan fingerprint density at radius 1 is 1.22 bits per heavy atom. The first kappa shape index (κ1) is 13.4. The average Bonchev–Trinajstić information content (AvgIpc) is 3.24. The molecule has 0 aromatic carbocycles. The van der Waals surface area contributed by atoms with Crippen molar-refractivity contribution < 1.29 is 0 Å². The summed E-state index contributed by atoms with van der Waals surface area (Å²) >= 11 is 0. The fraction of sp³-hybridized carbons (Fsp3) is 0.125. The monoisotopic (exact) mass is 306 g/mol. The smallest absolute Gasteiger partial charge is 0.272 e. The molecule has 7 nitrogen and oxygen atoms in total. The topological polar surface area (TPSA) is 80.9 Å². The van der Waals surface area contributed by atoms with E-state index in [9.17, 15) is 4.79 Å². The number of imidazole rings is 1. The quantitative estimate of drug-likeness (QED) is 0.627. The van der Waals surface area contributed by atoms with Crippen molar-refractivity contribution in [2.75, 3.05) is 0 Å². The zero-order chi connectivity index (χ0) is 15.8. The Hall–Kier alpha value is -3.22. The van der Waals surface area contributed by atoms with E-state index in [0.29, 0.717) is 11.3 Å². The van der Waals surface area contributed by atoms with Gasteiger partial charge in [0.2, 0.25) is 0 Å². The van der Waals surface area contributed by atoms with E-state index in [4.69, 9.17) is 0 Å². The van der Waals surface area contributed by atoms with Gasteiger partial charge in [-0.05, 0) is 19.1 Å². The fourth-order valence-electron chi connectivity index (χ4n) is 2.53. The normalized spacial score (nSPS) is 12.6. The van der Waals surface area contributed by atoms with Gasteiger partial charge in [-0.15, -0.1) is 0 Å². The number of fused-ring (bicyclic) bond motifs is 1. The minimum atomic E-state index is -0.154. The van der Waals surface area contributed by atoms with Crippen LogP contribution in [0.15, 0.2) is 60.0 Å². The van der Waals surface area contributed by atoms with Gasteiger partial charge in [0.15, 0.2) is 5.65 Å². The van der Waals surface area contributed by atoms with Crippen LogP contribution in [-0.4, -0.2) is 29.1 Å². The Balaban J connectivity index is 1.83. The molecular formula is C16H14N6O. The molecule has 0 spiro atoms. The summed E-state index contributed by atoms with van der Waals surface area (Å²) in [5.41, 5.74) is 2.63. The molecule has 7 heteroatoms. The summed E-state index contributed by atoms with van der Waals surface area (Å²) in [6.45, 7) is 1.98. The predicted molar refractivity (Wildman–Crippen MR) is 85.1 cm³/mol. The fourth-order valence-corrected chi connectivity index (χ4v) is 2.53. The molecule has 0 aliphatic heterocycles. The molecule has 0 fully saturated rings.